The van der Waals surface area contributed by atoms with E-state index < -0.39 is 29.3 Å². The number of carbonyl (C=O) groups is 1. The van der Waals surface area contributed by atoms with Crippen molar-refractivity contribution >= 4 is 6.09 Å². The second-order valence-corrected chi connectivity index (χ2v) is 6.22. The minimum absolute atomic E-state index is 0.0668. The largest absolute Gasteiger partial charge is 0.465 e. The number of alkyl halides is 1. The molecule has 6 heteroatoms. The van der Waals surface area contributed by atoms with Gasteiger partial charge in [0.05, 0.1) is 0 Å². The Labute approximate surface area is 121 Å². The van der Waals surface area contributed by atoms with Crippen molar-refractivity contribution in [2.24, 2.45) is 11.3 Å². The van der Waals surface area contributed by atoms with E-state index in [0.717, 1.165) is 12.1 Å². The second-order valence-electron chi connectivity index (χ2n) is 6.22. The molecule has 1 heterocycles. The third-order valence-corrected chi connectivity index (χ3v) is 4.27. The summed E-state index contributed by atoms with van der Waals surface area (Å²) in [6.45, 7) is 4.49. The van der Waals surface area contributed by atoms with Crippen molar-refractivity contribution in [2.75, 3.05) is 13.1 Å². The van der Waals surface area contributed by atoms with Gasteiger partial charge in [-0.25, -0.2) is 18.0 Å². The molecule has 1 unspecified atom stereocenters. The maximum atomic E-state index is 14.3. The number of hydrogen-bond acceptors (Lipinski definition) is 1. The lowest BCUT2D eigenvalue weighted by Gasteiger charge is -2.46. The Kier molecular flexibility index (Phi) is 4.16. The third kappa shape index (κ3) is 3.31. The molecule has 116 valence electrons. The molecule has 21 heavy (non-hydrogen) atoms. The lowest BCUT2D eigenvalue weighted by molar-refractivity contribution is 0.00684. The lowest BCUT2D eigenvalue weighted by atomic mass is 9.70. The van der Waals surface area contributed by atoms with Gasteiger partial charge in [0.25, 0.3) is 0 Å². The third-order valence-electron chi connectivity index (χ3n) is 4.27. The molecular weight excluding hydrogens is 283 g/mol. The predicted molar refractivity (Wildman–Crippen MR) is 71.7 cm³/mol. The highest BCUT2D eigenvalue weighted by molar-refractivity contribution is 5.66. The van der Waals surface area contributed by atoms with Crippen LogP contribution < -0.4 is 0 Å². The van der Waals surface area contributed by atoms with Gasteiger partial charge < -0.3 is 10.0 Å². The molecule has 1 fully saturated rings. The molecule has 1 amide bonds. The van der Waals surface area contributed by atoms with Crippen molar-refractivity contribution in [3.63, 3.8) is 0 Å². The minimum atomic E-state index is -1.41. The summed E-state index contributed by atoms with van der Waals surface area (Å²) in [5, 5.41) is 8.81. The Morgan fingerprint density at radius 1 is 1.38 bits per heavy atom. The first-order chi connectivity index (χ1) is 9.70. The van der Waals surface area contributed by atoms with E-state index in [-0.39, 0.29) is 17.9 Å². The highest BCUT2D eigenvalue weighted by Crippen LogP contribution is 2.42. The summed E-state index contributed by atoms with van der Waals surface area (Å²) in [6, 6.07) is 3.03. The van der Waals surface area contributed by atoms with Crippen LogP contribution in [0.3, 0.4) is 0 Å². The quantitative estimate of drug-likeness (QED) is 0.913. The Bertz CT molecular complexity index is 542. The van der Waals surface area contributed by atoms with Crippen molar-refractivity contribution in [3.8, 4) is 0 Å². The van der Waals surface area contributed by atoms with Gasteiger partial charge in [-0.2, -0.15) is 0 Å². The fraction of sp³-hybridized carbons (Fsp3) is 0.533. The van der Waals surface area contributed by atoms with Crippen LogP contribution in [0.2, 0.25) is 0 Å². The summed E-state index contributed by atoms with van der Waals surface area (Å²) in [5.74, 6) is -1.99. The molecule has 0 spiro atoms. The number of carboxylic acid groups (broad SMARTS) is 1. The summed E-state index contributed by atoms with van der Waals surface area (Å²) < 4.78 is 40.3. The molecule has 1 saturated heterocycles. The van der Waals surface area contributed by atoms with E-state index in [1.54, 1.807) is 0 Å². The zero-order chi connectivity index (χ0) is 15.8. The molecule has 1 aliphatic rings. The van der Waals surface area contributed by atoms with Crippen LogP contribution in [0.4, 0.5) is 18.0 Å². The molecule has 1 aromatic rings. The highest BCUT2D eigenvalue weighted by atomic mass is 19.2. The molecule has 2 rings (SSSR count). The van der Waals surface area contributed by atoms with Gasteiger partial charge in [0.2, 0.25) is 0 Å². The van der Waals surface area contributed by atoms with Crippen LogP contribution in [-0.4, -0.2) is 29.2 Å². The Morgan fingerprint density at radius 2 is 2.00 bits per heavy atom. The number of rotatable bonds is 4. The Balaban J connectivity index is 1.99. The van der Waals surface area contributed by atoms with Crippen LogP contribution >= 0.6 is 0 Å². The monoisotopic (exact) mass is 301 g/mol. The molecule has 1 aliphatic heterocycles. The normalized spacial score (nSPS) is 17.5. The molecule has 1 N–H and O–H groups in total. The van der Waals surface area contributed by atoms with Gasteiger partial charge in [-0.15, -0.1) is 0 Å². The van der Waals surface area contributed by atoms with E-state index in [1.165, 1.54) is 11.0 Å². The van der Waals surface area contributed by atoms with Crippen molar-refractivity contribution in [1.82, 2.24) is 4.90 Å². The van der Waals surface area contributed by atoms with Gasteiger partial charge in [-0.3, -0.25) is 0 Å². The van der Waals surface area contributed by atoms with Crippen LogP contribution in [0.25, 0.3) is 0 Å². The first kappa shape index (κ1) is 15.7. The SMILES string of the molecule is CC(C)(CC(F)c1ccc(F)c(F)c1)C1CN(C(=O)O)C1. The molecule has 0 aromatic heterocycles. The first-order valence-corrected chi connectivity index (χ1v) is 6.77. The smallest absolute Gasteiger partial charge is 0.407 e. The molecule has 0 saturated carbocycles. The number of likely N-dealkylation sites (tertiary alicyclic amines) is 1. The Hall–Kier alpha value is -1.72. The standard InChI is InChI=1S/C15H18F3NO2/c1-15(2,10-7-19(8-10)14(20)21)6-13(18)9-3-4-11(16)12(17)5-9/h3-5,10,13H,6-8H2,1-2H3,(H,20,21). The zero-order valence-electron chi connectivity index (χ0n) is 11.9. The van der Waals surface area contributed by atoms with Crippen LogP contribution in [0.5, 0.6) is 0 Å². The second kappa shape index (κ2) is 5.58. The van der Waals surface area contributed by atoms with Crippen molar-refractivity contribution < 1.29 is 23.1 Å². The minimum Gasteiger partial charge on any atom is -0.465 e. The fourth-order valence-corrected chi connectivity index (χ4v) is 2.58. The van der Waals surface area contributed by atoms with E-state index in [9.17, 15) is 18.0 Å². The van der Waals surface area contributed by atoms with Crippen LogP contribution in [-0.2, 0) is 0 Å². The van der Waals surface area contributed by atoms with Gasteiger partial charge in [-0.1, -0.05) is 19.9 Å². The van der Waals surface area contributed by atoms with Crippen LogP contribution in [0, 0.1) is 23.0 Å². The summed E-state index contributed by atoms with van der Waals surface area (Å²) in [4.78, 5) is 12.0. The van der Waals surface area contributed by atoms with Gasteiger partial charge in [0, 0.05) is 13.1 Å². The molecule has 0 aliphatic carbocycles. The maximum Gasteiger partial charge on any atom is 0.407 e. The summed E-state index contributed by atoms with van der Waals surface area (Å²) >= 11 is 0. The molecule has 0 radical (unpaired) electrons. The van der Waals surface area contributed by atoms with E-state index in [4.69, 9.17) is 5.11 Å². The van der Waals surface area contributed by atoms with Gasteiger partial charge in [0.15, 0.2) is 11.6 Å². The summed E-state index contributed by atoms with van der Waals surface area (Å²) in [5.41, 5.74) is -0.313. The average Bonchev–Trinajstić information content (AvgIpc) is 2.28. The summed E-state index contributed by atoms with van der Waals surface area (Å²) in [7, 11) is 0. The predicted octanol–water partition coefficient (Wildman–Crippen LogP) is 4.00. The van der Waals surface area contributed by atoms with E-state index in [1.807, 2.05) is 13.8 Å². The zero-order valence-corrected chi connectivity index (χ0v) is 11.9. The van der Waals surface area contributed by atoms with Crippen molar-refractivity contribution in [2.45, 2.75) is 26.4 Å². The van der Waals surface area contributed by atoms with E-state index >= 15 is 0 Å². The van der Waals surface area contributed by atoms with E-state index in [2.05, 4.69) is 0 Å². The summed E-state index contributed by atoms with van der Waals surface area (Å²) in [6.07, 6.45) is -2.25. The number of amides is 1. The lowest BCUT2D eigenvalue weighted by Crippen LogP contribution is -2.54. The molecule has 3 nitrogen and oxygen atoms in total. The van der Waals surface area contributed by atoms with Gasteiger partial charge in [0.1, 0.15) is 6.17 Å². The molecular formula is C15H18F3NO2. The van der Waals surface area contributed by atoms with E-state index in [0.29, 0.717) is 13.1 Å². The number of nitrogens with zero attached hydrogens (tertiary/aromatic N) is 1. The van der Waals surface area contributed by atoms with Crippen molar-refractivity contribution in [1.29, 1.82) is 0 Å². The van der Waals surface area contributed by atoms with Gasteiger partial charge in [-0.05, 0) is 35.4 Å². The topological polar surface area (TPSA) is 40.5 Å². The van der Waals surface area contributed by atoms with Crippen LogP contribution in [0.1, 0.15) is 32.0 Å². The number of benzene rings is 1. The maximum absolute atomic E-state index is 14.3. The fourth-order valence-electron chi connectivity index (χ4n) is 2.58. The first-order valence-electron chi connectivity index (χ1n) is 6.77. The Morgan fingerprint density at radius 3 is 2.52 bits per heavy atom. The molecule has 0 bridgehead atoms. The average molecular weight is 301 g/mol. The van der Waals surface area contributed by atoms with Crippen molar-refractivity contribution in [3.05, 3.63) is 35.4 Å². The number of hydrogen-bond donors (Lipinski definition) is 1. The van der Waals surface area contributed by atoms with Gasteiger partial charge >= 0.3 is 6.09 Å². The van der Waals surface area contributed by atoms with Crippen LogP contribution in [0.15, 0.2) is 18.2 Å². The highest BCUT2D eigenvalue weighted by Gasteiger charge is 2.42. The molecule has 1 aromatic carbocycles. The number of halogens is 3. The molecule has 1 atom stereocenters.